The second kappa shape index (κ2) is 7.79. The van der Waals surface area contributed by atoms with E-state index in [4.69, 9.17) is 14.6 Å². The normalized spacial score (nSPS) is 10.7. The zero-order chi connectivity index (χ0) is 14.3. The van der Waals surface area contributed by atoms with E-state index < -0.39 is 5.97 Å². The fourth-order valence-electron chi connectivity index (χ4n) is 1.57. The minimum absolute atomic E-state index is 0.196. The van der Waals surface area contributed by atoms with Crippen molar-refractivity contribution in [1.29, 1.82) is 0 Å². The Labute approximate surface area is 114 Å². The van der Waals surface area contributed by atoms with E-state index in [9.17, 15) is 4.79 Å². The highest BCUT2D eigenvalue weighted by Crippen LogP contribution is 2.19. The molecule has 106 valence electrons. The zero-order valence-corrected chi connectivity index (χ0v) is 11.8. The van der Waals surface area contributed by atoms with Crippen LogP contribution in [0.15, 0.2) is 18.2 Å². The Balaban J connectivity index is 2.39. The monoisotopic (exact) mass is 266 g/mol. The fraction of sp³-hybridized carbons (Fsp3) is 0.533. The third-order valence-corrected chi connectivity index (χ3v) is 2.69. The maximum absolute atomic E-state index is 11.1. The first-order valence-corrected chi connectivity index (χ1v) is 6.55. The second-order valence-electron chi connectivity index (χ2n) is 4.95. The summed E-state index contributed by atoms with van der Waals surface area (Å²) in [6.45, 7) is 7.68. The summed E-state index contributed by atoms with van der Waals surface area (Å²) >= 11 is 0. The van der Waals surface area contributed by atoms with Crippen molar-refractivity contribution in [1.82, 2.24) is 0 Å². The van der Waals surface area contributed by atoms with Crippen molar-refractivity contribution in [2.75, 3.05) is 19.8 Å². The Bertz CT molecular complexity index is 413. The van der Waals surface area contributed by atoms with E-state index in [0.29, 0.717) is 31.5 Å². The quantitative estimate of drug-likeness (QED) is 0.734. The number of carbonyl (C=O) groups is 1. The van der Waals surface area contributed by atoms with Gasteiger partial charge in [-0.1, -0.05) is 25.5 Å². The first-order valence-electron chi connectivity index (χ1n) is 6.55. The highest BCUT2D eigenvalue weighted by Gasteiger charge is 2.11. The summed E-state index contributed by atoms with van der Waals surface area (Å²) in [5.41, 5.74) is 1.10. The van der Waals surface area contributed by atoms with Crippen LogP contribution in [-0.2, 0) is 4.74 Å². The molecule has 4 nitrogen and oxygen atoms in total. The van der Waals surface area contributed by atoms with Gasteiger partial charge in [0.1, 0.15) is 17.9 Å². The molecular weight excluding hydrogens is 244 g/mol. The molecule has 0 spiro atoms. The van der Waals surface area contributed by atoms with Crippen LogP contribution in [0.1, 0.15) is 36.2 Å². The van der Waals surface area contributed by atoms with Gasteiger partial charge in [-0.3, -0.25) is 0 Å². The third kappa shape index (κ3) is 5.75. The number of ether oxygens (including phenoxy) is 2. The van der Waals surface area contributed by atoms with Gasteiger partial charge >= 0.3 is 5.97 Å². The van der Waals surface area contributed by atoms with Crippen molar-refractivity contribution in [2.45, 2.75) is 27.2 Å². The molecule has 0 fully saturated rings. The molecule has 0 heterocycles. The molecule has 1 aromatic rings. The summed E-state index contributed by atoms with van der Waals surface area (Å²) in [6.07, 6.45) is 1.02. The third-order valence-electron chi connectivity index (χ3n) is 2.69. The van der Waals surface area contributed by atoms with E-state index in [0.717, 1.165) is 12.0 Å². The molecule has 1 N–H and O–H groups in total. The fourth-order valence-corrected chi connectivity index (χ4v) is 1.57. The van der Waals surface area contributed by atoms with Gasteiger partial charge in [0.2, 0.25) is 0 Å². The maximum atomic E-state index is 11.1. The molecular formula is C15H22O4. The number of aryl methyl sites for hydroxylation is 1. The second-order valence-corrected chi connectivity index (χ2v) is 4.95. The minimum atomic E-state index is -0.973. The van der Waals surface area contributed by atoms with Gasteiger partial charge in [-0.05, 0) is 31.4 Å². The van der Waals surface area contributed by atoms with Gasteiger partial charge in [0.15, 0.2) is 0 Å². The van der Waals surface area contributed by atoms with Crippen LogP contribution in [0.2, 0.25) is 0 Å². The first kappa shape index (κ1) is 15.5. The molecule has 1 aromatic carbocycles. The molecule has 0 radical (unpaired) electrons. The number of benzene rings is 1. The standard InChI is InChI=1S/C15H22O4/c1-11(2)6-7-18-8-9-19-14-5-4-12(3)10-13(14)15(16)17/h4-5,10-11H,6-9H2,1-3H3,(H,16,17). The van der Waals surface area contributed by atoms with Crippen molar-refractivity contribution < 1.29 is 19.4 Å². The van der Waals surface area contributed by atoms with Crippen LogP contribution in [0.5, 0.6) is 5.75 Å². The lowest BCUT2D eigenvalue weighted by atomic mass is 10.1. The van der Waals surface area contributed by atoms with Crippen molar-refractivity contribution in [3.63, 3.8) is 0 Å². The van der Waals surface area contributed by atoms with Crippen LogP contribution < -0.4 is 4.74 Å². The molecule has 1 rings (SSSR count). The van der Waals surface area contributed by atoms with Crippen molar-refractivity contribution in [2.24, 2.45) is 5.92 Å². The lowest BCUT2D eigenvalue weighted by Crippen LogP contribution is -2.11. The number of hydrogen-bond acceptors (Lipinski definition) is 3. The van der Waals surface area contributed by atoms with Crippen LogP contribution in [0, 0.1) is 12.8 Å². The van der Waals surface area contributed by atoms with E-state index in [1.807, 2.05) is 13.0 Å². The average Bonchev–Trinajstić information content (AvgIpc) is 2.34. The lowest BCUT2D eigenvalue weighted by Gasteiger charge is -2.10. The van der Waals surface area contributed by atoms with Crippen molar-refractivity contribution in [3.8, 4) is 5.75 Å². The van der Waals surface area contributed by atoms with Gasteiger partial charge in [0, 0.05) is 6.61 Å². The van der Waals surface area contributed by atoms with E-state index >= 15 is 0 Å². The van der Waals surface area contributed by atoms with Gasteiger partial charge in [-0.2, -0.15) is 0 Å². The molecule has 0 bridgehead atoms. The molecule has 0 aliphatic carbocycles. The molecule has 4 heteroatoms. The summed E-state index contributed by atoms with van der Waals surface area (Å²) < 4.78 is 10.9. The van der Waals surface area contributed by atoms with Crippen molar-refractivity contribution >= 4 is 5.97 Å². The van der Waals surface area contributed by atoms with Crippen molar-refractivity contribution in [3.05, 3.63) is 29.3 Å². The number of carboxylic acid groups (broad SMARTS) is 1. The Hall–Kier alpha value is -1.55. The molecule has 0 aliphatic heterocycles. The minimum Gasteiger partial charge on any atom is -0.490 e. The highest BCUT2D eigenvalue weighted by molar-refractivity contribution is 5.91. The highest BCUT2D eigenvalue weighted by atomic mass is 16.5. The van der Waals surface area contributed by atoms with E-state index in [1.54, 1.807) is 12.1 Å². The van der Waals surface area contributed by atoms with Crippen LogP contribution in [0.3, 0.4) is 0 Å². The Morgan fingerprint density at radius 2 is 2.00 bits per heavy atom. The number of aromatic carboxylic acids is 1. The zero-order valence-electron chi connectivity index (χ0n) is 11.8. The summed E-state index contributed by atoms with van der Waals surface area (Å²) in [4.78, 5) is 11.1. The molecule has 19 heavy (non-hydrogen) atoms. The predicted octanol–water partition coefficient (Wildman–Crippen LogP) is 3.13. The Morgan fingerprint density at radius 3 is 2.63 bits per heavy atom. The molecule has 0 aromatic heterocycles. The van der Waals surface area contributed by atoms with Crippen LogP contribution in [0.4, 0.5) is 0 Å². The lowest BCUT2D eigenvalue weighted by molar-refractivity contribution is 0.0683. The van der Waals surface area contributed by atoms with Gasteiger partial charge in [-0.15, -0.1) is 0 Å². The maximum Gasteiger partial charge on any atom is 0.339 e. The largest absolute Gasteiger partial charge is 0.490 e. The summed E-state index contributed by atoms with van der Waals surface area (Å²) in [5, 5.41) is 9.08. The van der Waals surface area contributed by atoms with Gasteiger partial charge in [-0.25, -0.2) is 4.79 Å². The van der Waals surface area contributed by atoms with Crippen LogP contribution in [-0.4, -0.2) is 30.9 Å². The smallest absolute Gasteiger partial charge is 0.339 e. The summed E-state index contributed by atoms with van der Waals surface area (Å²) in [7, 11) is 0. The van der Waals surface area contributed by atoms with Gasteiger partial charge in [0.05, 0.1) is 6.61 Å². The number of hydrogen-bond donors (Lipinski definition) is 1. The topological polar surface area (TPSA) is 55.8 Å². The summed E-state index contributed by atoms with van der Waals surface area (Å²) in [5.74, 6) is 0.0432. The molecule has 0 saturated carbocycles. The first-order chi connectivity index (χ1) is 9.00. The average molecular weight is 266 g/mol. The van der Waals surface area contributed by atoms with E-state index in [1.165, 1.54) is 0 Å². The van der Waals surface area contributed by atoms with Gasteiger partial charge in [0.25, 0.3) is 0 Å². The van der Waals surface area contributed by atoms with E-state index in [-0.39, 0.29) is 5.56 Å². The van der Waals surface area contributed by atoms with Crippen LogP contribution >= 0.6 is 0 Å². The van der Waals surface area contributed by atoms with Gasteiger partial charge < -0.3 is 14.6 Å². The summed E-state index contributed by atoms with van der Waals surface area (Å²) in [6, 6.07) is 5.13. The number of carboxylic acids is 1. The molecule has 0 amide bonds. The Kier molecular flexibility index (Phi) is 6.36. The Morgan fingerprint density at radius 1 is 1.26 bits per heavy atom. The predicted molar refractivity (Wildman–Crippen MR) is 73.9 cm³/mol. The molecule has 0 atom stereocenters. The van der Waals surface area contributed by atoms with Crippen LogP contribution in [0.25, 0.3) is 0 Å². The molecule has 0 aliphatic rings. The molecule has 0 saturated heterocycles. The number of rotatable bonds is 8. The SMILES string of the molecule is Cc1ccc(OCCOCCC(C)C)c(C(=O)O)c1. The molecule has 0 unspecified atom stereocenters. The van der Waals surface area contributed by atoms with E-state index in [2.05, 4.69) is 13.8 Å².